The molecule has 0 heterocycles. The second-order valence-electron chi connectivity index (χ2n) is 7.80. The van der Waals surface area contributed by atoms with E-state index < -0.39 is 19.2 Å². The molecule has 0 aliphatic heterocycles. The molecule has 2 fully saturated rings. The molecule has 2 nitrogen and oxygen atoms in total. The normalized spacial score (nSPS) is 21.7. The third-order valence-corrected chi connectivity index (χ3v) is 19.5. The van der Waals surface area contributed by atoms with Gasteiger partial charge in [-0.2, -0.15) is 0 Å². The molecule has 0 aromatic heterocycles. The summed E-state index contributed by atoms with van der Waals surface area (Å²) in [5, 5.41) is 0. The van der Waals surface area contributed by atoms with Crippen molar-refractivity contribution in [3.8, 4) is 0 Å². The van der Waals surface area contributed by atoms with E-state index in [9.17, 15) is 0 Å². The number of rotatable bonds is 10. The van der Waals surface area contributed by atoms with Gasteiger partial charge in [-0.3, -0.25) is 0 Å². The third-order valence-electron chi connectivity index (χ3n) is 6.00. The average Bonchev–Trinajstić information content (AvgIpc) is 2.62. The first-order valence-electron chi connectivity index (χ1n) is 10.6. The molecule has 2 saturated carbocycles. The van der Waals surface area contributed by atoms with E-state index in [2.05, 4.69) is 13.8 Å². The van der Waals surface area contributed by atoms with Gasteiger partial charge in [0.15, 0.2) is 0 Å². The molecule has 2 aliphatic rings. The fourth-order valence-corrected chi connectivity index (χ4v) is 19.0. The molecule has 2 rings (SSSR count). The van der Waals surface area contributed by atoms with Crippen LogP contribution < -0.4 is 0 Å². The molecule has 0 bridgehead atoms. The van der Waals surface area contributed by atoms with Gasteiger partial charge >= 0.3 is 150 Å². The van der Waals surface area contributed by atoms with Gasteiger partial charge in [0.2, 0.25) is 0 Å². The Morgan fingerprint density at radius 1 is 0.652 bits per heavy atom. The van der Waals surface area contributed by atoms with Crippen LogP contribution in [0.2, 0.25) is 7.87 Å². The van der Waals surface area contributed by atoms with E-state index in [1.165, 1.54) is 89.9 Å². The summed E-state index contributed by atoms with van der Waals surface area (Å²) in [6.07, 6.45) is 19.1. The monoisotopic (exact) mass is 432 g/mol. The zero-order chi connectivity index (χ0) is 16.4. The summed E-state index contributed by atoms with van der Waals surface area (Å²) in [6, 6.07) is 0. The van der Waals surface area contributed by atoms with Crippen molar-refractivity contribution in [1.29, 1.82) is 0 Å². The fraction of sp³-hybridized carbons (Fsp3) is 1.00. The predicted molar refractivity (Wildman–Crippen MR) is 101 cm³/mol. The second-order valence-corrected chi connectivity index (χ2v) is 18.2. The third kappa shape index (κ3) is 5.88. The summed E-state index contributed by atoms with van der Waals surface area (Å²) in [6.45, 7) is 6.51. The van der Waals surface area contributed by atoms with Crippen molar-refractivity contribution in [3.63, 3.8) is 0 Å². The van der Waals surface area contributed by atoms with Crippen molar-refractivity contribution in [3.05, 3.63) is 0 Å². The molecule has 3 heteroatoms. The van der Waals surface area contributed by atoms with Gasteiger partial charge in [-0.05, 0) is 0 Å². The molecule has 0 atom stereocenters. The van der Waals surface area contributed by atoms with E-state index in [0.717, 1.165) is 21.1 Å². The zero-order valence-corrected chi connectivity index (χ0v) is 18.6. The molecule has 0 unspecified atom stereocenters. The summed E-state index contributed by atoms with van der Waals surface area (Å²) >= 11 is -2.99. The Morgan fingerprint density at radius 2 is 1.04 bits per heavy atom. The molecular formula is C20H40O2Sn. The van der Waals surface area contributed by atoms with Crippen molar-refractivity contribution >= 4 is 19.2 Å². The van der Waals surface area contributed by atoms with E-state index in [1.807, 2.05) is 0 Å². The molecule has 0 aromatic carbocycles. The molecule has 0 spiro atoms. The Kier molecular flexibility index (Phi) is 9.89. The molecule has 0 radical (unpaired) electrons. The van der Waals surface area contributed by atoms with Crippen molar-refractivity contribution < 1.29 is 6.15 Å². The molecule has 2 aliphatic carbocycles. The first-order valence-corrected chi connectivity index (χ1v) is 16.2. The van der Waals surface area contributed by atoms with Crippen LogP contribution >= 0.6 is 0 Å². The van der Waals surface area contributed by atoms with Gasteiger partial charge in [-0.15, -0.1) is 0 Å². The van der Waals surface area contributed by atoms with Crippen molar-refractivity contribution in [1.82, 2.24) is 0 Å². The molecule has 23 heavy (non-hydrogen) atoms. The minimum absolute atomic E-state index is 0.842. The van der Waals surface area contributed by atoms with Crippen molar-refractivity contribution in [2.75, 3.05) is 13.2 Å². The van der Waals surface area contributed by atoms with Crippen LogP contribution in [0.1, 0.15) is 104 Å². The van der Waals surface area contributed by atoms with Crippen LogP contribution in [0.15, 0.2) is 0 Å². The van der Waals surface area contributed by atoms with Crippen LogP contribution in [0, 0.1) is 0 Å². The van der Waals surface area contributed by atoms with Crippen LogP contribution in [0.5, 0.6) is 0 Å². The Hall–Kier alpha value is 0.719. The second kappa shape index (κ2) is 11.4. The van der Waals surface area contributed by atoms with Gasteiger partial charge in [0.05, 0.1) is 0 Å². The predicted octanol–water partition coefficient (Wildman–Crippen LogP) is 6.73. The van der Waals surface area contributed by atoms with Gasteiger partial charge in [0.1, 0.15) is 0 Å². The number of unbranched alkanes of at least 4 members (excludes halogenated alkanes) is 2. The van der Waals surface area contributed by atoms with Gasteiger partial charge in [-0.1, -0.05) is 0 Å². The summed E-state index contributed by atoms with van der Waals surface area (Å²) < 4.78 is 15.5. The van der Waals surface area contributed by atoms with Crippen LogP contribution in [0.3, 0.4) is 0 Å². The molecule has 0 amide bonds. The number of hydrogen-bond acceptors (Lipinski definition) is 2. The summed E-state index contributed by atoms with van der Waals surface area (Å²) in [5.41, 5.74) is 0. The first kappa shape index (κ1) is 20.0. The van der Waals surface area contributed by atoms with Crippen molar-refractivity contribution in [2.24, 2.45) is 0 Å². The zero-order valence-electron chi connectivity index (χ0n) is 15.8. The Labute approximate surface area is 150 Å². The van der Waals surface area contributed by atoms with Gasteiger partial charge < -0.3 is 0 Å². The quantitative estimate of drug-likeness (QED) is 0.282. The van der Waals surface area contributed by atoms with Crippen LogP contribution in [-0.4, -0.2) is 32.4 Å². The Bertz CT molecular complexity index is 266. The molecule has 0 aromatic rings. The SMILES string of the molecule is CCCC[O][Sn]([O]CCCC)([CH]1CCCCC1)[CH]1CCCCC1. The van der Waals surface area contributed by atoms with Crippen LogP contribution in [-0.2, 0) is 6.15 Å². The van der Waals surface area contributed by atoms with Crippen molar-refractivity contribution in [2.45, 2.75) is 112 Å². The maximum atomic E-state index is 6.88. The summed E-state index contributed by atoms with van der Waals surface area (Å²) in [4.78, 5) is 0. The number of hydrogen-bond donors (Lipinski definition) is 0. The van der Waals surface area contributed by atoms with Gasteiger partial charge in [-0.25, -0.2) is 0 Å². The average molecular weight is 431 g/mol. The topological polar surface area (TPSA) is 18.5 Å². The van der Waals surface area contributed by atoms with Crippen LogP contribution in [0.4, 0.5) is 0 Å². The van der Waals surface area contributed by atoms with E-state index in [4.69, 9.17) is 6.15 Å². The summed E-state index contributed by atoms with van der Waals surface area (Å²) in [5.74, 6) is 0. The molecule has 0 saturated heterocycles. The first-order chi connectivity index (χ1) is 11.3. The maximum absolute atomic E-state index is 6.88. The van der Waals surface area contributed by atoms with E-state index in [-0.39, 0.29) is 0 Å². The molecule has 136 valence electrons. The van der Waals surface area contributed by atoms with E-state index in [0.29, 0.717) is 0 Å². The van der Waals surface area contributed by atoms with Crippen LogP contribution in [0.25, 0.3) is 0 Å². The van der Waals surface area contributed by atoms with Gasteiger partial charge in [0.25, 0.3) is 0 Å². The fourth-order valence-electron chi connectivity index (χ4n) is 4.61. The Balaban J connectivity index is 2.13. The Morgan fingerprint density at radius 3 is 1.39 bits per heavy atom. The van der Waals surface area contributed by atoms with Gasteiger partial charge in [0, 0.05) is 0 Å². The minimum atomic E-state index is -2.99. The summed E-state index contributed by atoms with van der Waals surface area (Å²) in [7, 11) is 0. The molecular weight excluding hydrogens is 391 g/mol. The van der Waals surface area contributed by atoms with E-state index in [1.54, 1.807) is 0 Å². The van der Waals surface area contributed by atoms with E-state index >= 15 is 0 Å². The standard InChI is InChI=1S/2C6H11.2C4H9O.Sn/c2*1-2-4-6-5-3-1;2*1-2-3-4-5;/h2*1H,2-6H2;2*2-4H2,1H3;/q;;2*-1;+2. The molecule has 0 N–H and O–H groups in total.